The Morgan fingerprint density at radius 2 is 2.50 bits per heavy atom. The molecule has 0 aliphatic carbocycles. The fourth-order valence-electron chi connectivity index (χ4n) is 1.94. The molecule has 1 atom stereocenters. The van der Waals surface area contributed by atoms with Gasteiger partial charge in [0, 0.05) is 19.7 Å². The highest BCUT2D eigenvalue weighted by Crippen LogP contribution is 2.25. The summed E-state index contributed by atoms with van der Waals surface area (Å²) in [6, 6.07) is 2.19. The SMILES string of the molecule is CCCNC(C1=CCCO1)c1ccnn1C. The highest BCUT2D eigenvalue weighted by molar-refractivity contribution is 5.19. The molecule has 1 aliphatic heterocycles. The van der Waals surface area contributed by atoms with Crippen LogP contribution in [0.15, 0.2) is 24.1 Å². The van der Waals surface area contributed by atoms with Crippen molar-refractivity contribution >= 4 is 0 Å². The third kappa shape index (κ3) is 2.27. The number of rotatable bonds is 5. The maximum atomic E-state index is 5.65. The van der Waals surface area contributed by atoms with Crippen LogP contribution in [0.2, 0.25) is 0 Å². The molecule has 0 saturated heterocycles. The van der Waals surface area contributed by atoms with Crippen molar-refractivity contribution in [3.63, 3.8) is 0 Å². The Morgan fingerprint density at radius 1 is 1.62 bits per heavy atom. The first-order valence-corrected chi connectivity index (χ1v) is 5.87. The number of nitrogens with one attached hydrogen (secondary N) is 1. The van der Waals surface area contributed by atoms with Crippen LogP contribution >= 0.6 is 0 Å². The zero-order valence-corrected chi connectivity index (χ0v) is 9.94. The molecule has 0 saturated carbocycles. The van der Waals surface area contributed by atoms with Crippen molar-refractivity contribution in [3.8, 4) is 0 Å². The van der Waals surface area contributed by atoms with Gasteiger partial charge in [-0.2, -0.15) is 5.10 Å². The molecule has 1 aromatic rings. The summed E-state index contributed by atoms with van der Waals surface area (Å²) in [5.74, 6) is 1.04. The third-order valence-corrected chi connectivity index (χ3v) is 2.77. The number of hydrogen-bond acceptors (Lipinski definition) is 3. The number of ether oxygens (including phenoxy) is 1. The van der Waals surface area contributed by atoms with E-state index in [1.165, 1.54) is 0 Å². The summed E-state index contributed by atoms with van der Waals surface area (Å²) in [6.45, 7) is 3.95. The molecule has 16 heavy (non-hydrogen) atoms. The molecule has 1 N–H and O–H groups in total. The molecular formula is C12H19N3O. The van der Waals surface area contributed by atoms with Gasteiger partial charge in [-0.15, -0.1) is 0 Å². The molecule has 0 fully saturated rings. The third-order valence-electron chi connectivity index (χ3n) is 2.77. The minimum Gasteiger partial charge on any atom is -0.496 e. The van der Waals surface area contributed by atoms with Crippen molar-refractivity contribution in [1.29, 1.82) is 0 Å². The molecule has 2 heterocycles. The van der Waals surface area contributed by atoms with Crippen molar-refractivity contribution in [2.75, 3.05) is 13.2 Å². The number of nitrogens with zero attached hydrogens (tertiary/aromatic N) is 2. The van der Waals surface area contributed by atoms with E-state index in [2.05, 4.69) is 23.4 Å². The lowest BCUT2D eigenvalue weighted by molar-refractivity contribution is 0.213. The topological polar surface area (TPSA) is 39.1 Å². The summed E-state index contributed by atoms with van der Waals surface area (Å²) < 4.78 is 7.55. The maximum absolute atomic E-state index is 5.65. The van der Waals surface area contributed by atoms with Gasteiger partial charge in [0.05, 0.1) is 12.3 Å². The number of aryl methyl sites for hydroxylation is 1. The minimum atomic E-state index is 0.148. The van der Waals surface area contributed by atoms with E-state index < -0.39 is 0 Å². The molecule has 0 bridgehead atoms. The van der Waals surface area contributed by atoms with E-state index in [0.717, 1.165) is 37.4 Å². The molecule has 0 spiro atoms. The number of aromatic nitrogens is 2. The van der Waals surface area contributed by atoms with E-state index in [1.54, 1.807) is 0 Å². The molecule has 0 radical (unpaired) electrons. The first-order valence-electron chi connectivity index (χ1n) is 5.87. The predicted molar refractivity (Wildman–Crippen MR) is 62.9 cm³/mol. The van der Waals surface area contributed by atoms with Crippen LogP contribution in [0.3, 0.4) is 0 Å². The van der Waals surface area contributed by atoms with Gasteiger partial charge in [0.25, 0.3) is 0 Å². The summed E-state index contributed by atoms with van der Waals surface area (Å²) in [5.41, 5.74) is 1.15. The van der Waals surface area contributed by atoms with Gasteiger partial charge >= 0.3 is 0 Å². The maximum Gasteiger partial charge on any atom is 0.115 e. The van der Waals surface area contributed by atoms with Crippen LogP contribution < -0.4 is 5.32 Å². The summed E-state index contributed by atoms with van der Waals surface area (Å²) in [5, 5.41) is 7.71. The lowest BCUT2D eigenvalue weighted by Crippen LogP contribution is -2.26. The Morgan fingerprint density at radius 3 is 3.06 bits per heavy atom. The Hall–Kier alpha value is -1.29. The average Bonchev–Trinajstić information content (AvgIpc) is 2.91. The summed E-state index contributed by atoms with van der Waals surface area (Å²) >= 11 is 0. The van der Waals surface area contributed by atoms with Crippen molar-refractivity contribution in [2.24, 2.45) is 7.05 Å². The van der Waals surface area contributed by atoms with Gasteiger partial charge in [0.1, 0.15) is 11.8 Å². The Bertz CT molecular complexity index is 370. The van der Waals surface area contributed by atoms with Crippen LogP contribution in [0.4, 0.5) is 0 Å². The first-order chi connectivity index (χ1) is 7.83. The van der Waals surface area contributed by atoms with E-state index in [9.17, 15) is 0 Å². The second-order valence-corrected chi connectivity index (χ2v) is 4.01. The lowest BCUT2D eigenvalue weighted by Gasteiger charge is -2.19. The highest BCUT2D eigenvalue weighted by Gasteiger charge is 2.22. The quantitative estimate of drug-likeness (QED) is 0.823. The van der Waals surface area contributed by atoms with Crippen LogP contribution in [-0.2, 0) is 11.8 Å². The fourth-order valence-corrected chi connectivity index (χ4v) is 1.94. The van der Waals surface area contributed by atoms with E-state index in [1.807, 2.05) is 24.0 Å². The van der Waals surface area contributed by atoms with Crippen LogP contribution in [0.25, 0.3) is 0 Å². The zero-order valence-electron chi connectivity index (χ0n) is 9.94. The Labute approximate surface area is 96.3 Å². The van der Waals surface area contributed by atoms with Gasteiger partial charge in [0.2, 0.25) is 0 Å². The molecule has 1 unspecified atom stereocenters. The van der Waals surface area contributed by atoms with Gasteiger partial charge < -0.3 is 10.1 Å². The van der Waals surface area contributed by atoms with E-state index in [4.69, 9.17) is 4.74 Å². The van der Waals surface area contributed by atoms with E-state index >= 15 is 0 Å². The fraction of sp³-hybridized carbons (Fsp3) is 0.583. The molecule has 1 aromatic heterocycles. The van der Waals surface area contributed by atoms with Crippen LogP contribution in [-0.4, -0.2) is 22.9 Å². The van der Waals surface area contributed by atoms with Crippen LogP contribution in [0, 0.1) is 0 Å². The summed E-state index contributed by atoms with van der Waals surface area (Å²) in [7, 11) is 1.96. The van der Waals surface area contributed by atoms with Gasteiger partial charge in [-0.1, -0.05) is 6.92 Å². The summed E-state index contributed by atoms with van der Waals surface area (Å²) in [6.07, 6.45) is 6.12. The zero-order chi connectivity index (χ0) is 11.4. The second kappa shape index (κ2) is 5.16. The number of hydrogen-bond donors (Lipinski definition) is 1. The van der Waals surface area contributed by atoms with E-state index in [0.29, 0.717) is 0 Å². The van der Waals surface area contributed by atoms with E-state index in [-0.39, 0.29) is 6.04 Å². The van der Waals surface area contributed by atoms with Gasteiger partial charge in [0.15, 0.2) is 0 Å². The lowest BCUT2D eigenvalue weighted by atomic mass is 10.1. The van der Waals surface area contributed by atoms with Crippen LogP contribution in [0.5, 0.6) is 0 Å². The van der Waals surface area contributed by atoms with Gasteiger partial charge in [-0.25, -0.2) is 0 Å². The molecule has 0 aromatic carbocycles. The molecule has 88 valence electrons. The van der Waals surface area contributed by atoms with Crippen LogP contribution in [0.1, 0.15) is 31.5 Å². The normalized spacial score (nSPS) is 17.0. The van der Waals surface area contributed by atoms with Crippen molar-refractivity contribution in [3.05, 3.63) is 29.8 Å². The van der Waals surface area contributed by atoms with Gasteiger partial charge in [-0.3, -0.25) is 4.68 Å². The van der Waals surface area contributed by atoms with Crippen molar-refractivity contribution < 1.29 is 4.74 Å². The van der Waals surface area contributed by atoms with Crippen molar-refractivity contribution in [2.45, 2.75) is 25.8 Å². The Balaban J connectivity index is 2.17. The van der Waals surface area contributed by atoms with Gasteiger partial charge in [-0.05, 0) is 25.1 Å². The van der Waals surface area contributed by atoms with Crippen molar-refractivity contribution in [1.82, 2.24) is 15.1 Å². The molecule has 4 nitrogen and oxygen atoms in total. The largest absolute Gasteiger partial charge is 0.496 e. The summed E-state index contributed by atoms with van der Waals surface area (Å²) in [4.78, 5) is 0. The monoisotopic (exact) mass is 221 g/mol. The molecule has 2 rings (SSSR count). The molecular weight excluding hydrogens is 202 g/mol. The first kappa shape index (κ1) is 11.2. The smallest absolute Gasteiger partial charge is 0.115 e. The molecule has 4 heteroatoms. The average molecular weight is 221 g/mol. The Kier molecular flexibility index (Phi) is 3.62. The second-order valence-electron chi connectivity index (χ2n) is 4.01. The standard InChI is InChI=1S/C12H19N3O/c1-3-7-13-12(11-5-4-9-16-11)10-6-8-14-15(10)2/h5-6,8,12-13H,3-4,7,9H2,1-2H3. The highest BCUT2D eigenvalue weighted by atomic mass is 16.5. The molecule has 1 aliphatic rings. The predicted octanol–water partition coefficient (Wildman–Crippen LogP) is 1.76. The molecule has 0 amide bonds. The minimum absolute atomic E-state index is 0.148.